The topological polar surface area (TPSA) is 78.3 Å². The second-order valence-corrected chi connectivity index (χ2v) is 3.14. The Hall–Kier alpha value is -2.23. The van der Waals surface area contributed by atoms with Gasteiger partial charge in [0.05, 0.1) is 11.4 Å². The second kappa shape index (κ2) is 3.49. The zero-order valence-electron chi connectivity index (χ0n) is 7.94. The monoisotopic (exact) mass is 202 g/mol. The number of benzene rings is 2. The Labute approximate surface area is 86.4 Å². The van der Waals surface area contributed by atoms with E-state index >= 15 is 0 Å². The van der Waals surface area contributed by atoms with Crippen LogP contribution in [-0.4, -0.2) is 6.47 Å². The molecule has 0 aromatic heterocycles. The SMILES string of the molecule is Nc1ccc2cccc(OC=O)c2c1N. The molecule has 0 amide bonds. The lowest BCUT2D eigenvalue weighted by Gasteiger charge is -2.08. The molecule has 0 bridgehead atoms. The summed E-state index contributed by atoms with van der Waals surface area (Å²) in [5.41, 5.74) is 12.4. The Morgan fingerprint density at radius 2 is 1.93 bits per heavy atom. The molecule has 15 heavy (non-hydrogen) atoms. The lowest BCUT2D eigenvalue weighted by molar-refractivity contribution is -0.120. The summed E-state index contributed by atoms with van der Waals surface area (Å²) in [5, 5.41) is 1.56. The molecule has 4 nitrogen and oxygen atoms in total. The lowest BCUT2D eigenvalue weighted by Crippen LogP contribution is -1.97. The predicted octanol–water partition coefficient (Wildman–Crippen LogP) is 1.54. The van der Waals surface area contributed by atoms with Gasteiger partial charge >= 0.3 is 0 Å². The minimum Gasteiger partial charge on any atom is -0.428 e. The molecule has 76 valence electrons. The number of nitrogens with two attached hydrogens (primary N) is 2. The van der Waals surface area contributed by atoms with E-state index in [1.54, 1.807) is 18.2 Å². The molecular formula is C11H10N2O2. The van der Waals surface area contributed by atoms with E-state index in [9.17, 15) is 4.79 Å². The highest BCUT2D eigenvalue weighted by molar-refractivity contribution is 6.02. The maximum Gasteiger partial charge on any atom is 0.298 e. The number of rotatable bonds is 2. The van der Waals surface area contributed by atoms with Crippen molar-refractivity contribution in [2.24, 2.45) is 0 Å². The molecule has 0 saturated carbocycles. The molecule has 0 unspecified atom stereocenters. The van der Waals surface area contributed by atoms with Gasteiger partial charge in [-0.15, -0.1) is 0 Å². The Bertz CT molecular complexity index is 523. The van der Waals surface area contributed by atoms with Gasteiger partial charge in [-0.25, -0.2) is 0 Å². The average molecular weight is 202 g/mol. The van der Waals surface area contributed by atoms with Crippen LogP contribution in [0.15, 0.2) is 30.3 Å². The standard InChI is InChI=1S/C11H10N2O2/c12-8-5-4-7-2-1-3-9(15-6-14)10(7)11(8)13/h1-6H,12-13H2. The van der Waals surface area contributed by atoms with Crippen LogP contribution in [0, 0.1) is 0 Å². The molecule has 0 saturated heterocycles. The van der Waals surface area contributed by atoms with E-state index in [1.165, 1.54) is 0 Å². The Morgan fingerprint density at radius 1 is 1.13 bits per heavy atom. The summed E-state index contributed by atoms with van der Waals surface area (Å²) in [6, 6.07) is 8.90. The first-order valence-electron chi connectivity index (χ1n) is 4.41. The molecule has 0 atom stereocenters. The first-order valence-corrected chi connectivity index (χ1v) is 4.41. The molecule has 4 heteroatoms. The van der Waals surface area contributed by atoms with Gasteiger partial charge in [-0.05, 0) is 17.5 Å². The van der Waals surface area contributed by atoms with E-state index in [1.807, 2.05) is 12.1 Å². The summed E-state index contributed by atoms with van der Waals surface area (Å²) in [5.74, 6) is 0.423. The van der Waals surface area contributed by atoms with Crippen molar-refractivity contribution >= 4 is 28.6 Å². The smallest absolute Gasteiger partial charge is 0.298 e. The molecule has 0 aliphatic heterocycles. The van der Waals surface area contributed by atoms with Gasteiger partial charge in [-0.1, -0.05) is 18.2 Å². The number of anilines is 2. The molecule has 4 N–H and O–H groups in total. The molecule has 0 fully saturated rings. The summed E-state index contributed by atoms with van der Waals surface area (Å²) in [7, 11) is 0. The van der Waals surface area contributed by atoms with Gasteiger partial charge in [0.1, 0.15) is 5.75 Å². The van der Waals surface area contributed by atoms with Crippen LogP contribution in [0.5, 0.6) is 5.75 Å². The molecule has 0 heterocycles. The van der Waals surface area contributed by atoms with Crippen molar-refractivity contribution in [1.29, 1.82) is 0 Å². The molecule has 2 rings (SSSR count). The van der Waals surface area contributed by atoms with Crippen LogP contribution in [0.4, 0.5) is 11.4 Å². The van der Waals surface area contributed by atoms with E-state index in [2.05, 4.69) is 0 Å². The van der Waals surface area contributed by atoms with Crippen LogP contribution in [0.25, 0.3) is 10.8 Å². The maximum absolute atomic E-state index is 10.3. The van der Waals surface area contributed by atoms with Crippen LogP contribution in [0.2, 0.25) is 0 Å². The number of hydrogen-bond acceptors (Lipinski definition) is 4. The Balaban J connectivity index is 2.81. The van der Waals surface area contributed by atoms with E-state index < -0.39 is 0 Å². The number of nitrogen functional groups attached to an aromatic ring is 2. The molecule has 0 radical (unpaired) electrons. The number of carbonyl (C=O) groups is 1. The van der Waals surface area contributed by atoms with E-state index in [4.69, 9.17) is 16.2 Å². The summed E-state index contributed by atoms with van der Waals surface area (Å²) in [4.78, 5) is 10.3. The fourth-order valence-electron chi connectivity index (χ4n) is 1.54. The minimum absolute atomic E-state index is 0.372. The van der Waals surface area contributed by atoms with Gasteiger partial charge in [0.15, 0.2) is 0 Å². The summed E-state index contributed by atoms with van der Waals surface area (Å²) in [6.45, 7) is 0.372. The normalized spacial score (nSPS) is 10.1. The highest BCUT2D eigenvalue weighted by atomic mass is 16.5. The van der Waals surface area contributed by atoms with Crippen LogP contribution in [-0.2, 0) is 4.79 Å². The van der Waals surface area contributed by atoms with Crippen molar-refractivity contribution < 1.29 is 9.53 Å². The quantitative estimate of drug-likeness (QED) is 0.572. The zero-order chi connectivity index (χ0) is 10.8. The minimum atomic E-state index is 0.372. The molecule has 0 spiro atoms. The van der Waals surface area contributed by atoms with Gasteiger partial charge in [0.25, 0.3) is 6.47 Å². The van der Waals surface area contributed by atoms with Gasteiger partial charge < -0.3 is 16.2 Å². The molecule has 0 aliphatic carbocycles. The number of hydrogen-bond donors (Lipinski definition) is 2. The average Bonchev–Trinajstić information content (AvgIpc) is 2.24. The van der Waals surface area contributed by atoms with Gasteiger partial charge in [-0.2, -0.15) is 0 Å². The van der Waals surface area contributed by atoms with Crippen LogP contribution in [0.3, 0.4) is 0 Å². The number of carbonyl (C=O) groups excluding carboxylic acids is 1. The fourth-order valence-corrected chi connectivity index (χ4v) is 1.54. The van der Waals surface area contributed by atoms with Crippen molar-refractivity contribution in [1.82, 2.24) is 0 Å². The van der Waals surface area contributed by atoms with Crippen LogP contribution < -0.4 is 16.2 Å². The third-order valence-corrected chi connectivity index (χ3v) is 2.26. The second-order valence-electron chi connectivity index (χ2n) is 3.14. The number of fused-ring (bicyclic) bond motifs is 1. The van der Waals surface area contributed by atoms with Crippen molar-refractivity contribution in [3.8, 4) is 5.75 Å². The molecule has 2 aromatic rings. The Morgan fingerprint density at radius 3 is 2.67 bits per heavy atom. The van der Waals surface area contributed by atoms with Crippen LogP contribution >= 0.6 is 0 Å². The predicted molar refractivity (Wildman–Crippen MR) is 59.5 cm³/mol. The lowest BCUT2D eigenvalue weighted by atomic mass is 10.1. The highest BCUT2D eigenvalue weighted by Gasteiger charge is 2.07. The molecule has 2 aromatic carbocycles. The fraction of sp³-hybridized carbons (Fsp3) is 0. The molecule has 0 aliphatic rings. The van der Waals surface area contributed by atoms with Gasteiger partial charge in [-0.3, -0.25) is 4.79 Å². The van der Waals surface area contributed by atoms with Gasteiger partial charge in [0, 0.05) is 5.39 Å². The van der Waals surface area contributed by atoms with Crippen molar-refractivity contribution in [3.05, 3.63) is 30.3 Å². The number of ether oxygens (including phenoxy) is 1. The Kier molecular flexibility index (Phi) is 2.17. The highest BCUT2D eigenvalue weighted by Crippen LogP contribution is 2.33. The van der Waals surface area contributed by atoms with Crippen molar-refractivity contribution in [2.75, 3.05) is 11.5 Å². The maximum atomic E-state index is 10.3. The first kappa shape index (κ1) is 9.33. The van der Waals surface area contributed by atoms with Gasteiger partial charge in [0.2, 0.25) is 0 Å². The van der Waals surface area contributed by atoms with Crippen molar-refractivity contribution in [3.63, 3.8) is 0 Å². The summed E-state index contributed by atoms with van der Waals surface area (Å²) in [6.07, 6.45) is 0. The molecular weight excluding hydrogens is 192 g/mol. The third-order valence-electron chi connectivity index (χ3n) is 2.26. The van der Waals surface area contributed by atoms with Crippen molar-refractivity contribution in [2.45, 2.75) is 0 Å². The van der Waals surface area contributed by atoms with E-state index in [-0.39, 0.29) is 0 Å². The third kappa shape index (κ3) is 1.46. The van der Waals surface area contributed by atoms with E-state index in [0.717, 1.165) is 5.39 Å². The summed E-state index contributed by atoms with van der Waals surface area (Å²) < 4.78 is 4.84. The first-order chi connectivity index (χ1) is 7.24. The zero-order valence-corrected chi connectivity index (χ0v) is 7.94. The van der Waals surface area contributed by atoms with Crippen LogP contribution in [0.1, 0.15) is 0 Å². The van der Waals surface area contributed by atoms with E-state index in [0.29, 0.717) is 29.0 Å². The largest absolute Gasteiger partial charge is 0.428 e. The summed E-state index contributed by atoms with van der Waals surface area (Å²) >= 11 is 0.